The van der Waals surface area contributed by atoms with E-state index < -0.39 is 0 Å². The second kappa shape index (κ2) is 8.35. The Morgan fingerprint density at radius 3 is 2.73 bits per heavy atom. The largest absolute Gasteiger partial charge is 0.384 e. The van der Waals surface area contributed by atoms with E-state index >= 15 is 0 Å². The van der Waals surface area contributed by atoms with Gasteiger partial charge in [-0.2, -0.15) is 0 Å². The summed E-state index contributed by atoms with van der Waals surface area (Å²) in [6, 6.07) is 8.53. The zero-order valence-corrected chi connectivity index (χ0v) is 14.5. The molecule has 2 rings (SSSR count). The number of benzene rings is 1. The molecule has 0 aliphatic rings. The second-order valence-corrected chi connectivity index (χ2v) is 6.10. The Morgan fingerprint density at radius 1 is 1.23 bits per heavy atom. The van der Waals surface area contributed by atoms with Crippen molar-refractivity contribution in [2.45, 2.75) is 39.7 Å². The maximum atomic E-state index is 6.02. The maximum Gasteiger partial charge on any atom is 0.0737 e. The van der Waals surface area contributed by atoms with Crippen LogP contribution in [0.5, 0.6) is 0 Å². The molecule has 1 aromatic heterocycles. The highest BCUT2D eigenvalue weighted by atomic mass is 35.5. The number of aromatic nitrogens is 1. The lowest BCUT2D eigenvalue weighted by Crippen LogP contribution is -2.32. The summed E-state index contributed by atoms with van der Waals surface area (Å²) in [4.78, 5) is 6.88. The first kappa shape index (κ1) is 17.0. The minimum absolute atomic E-state index is 0.643. The van der Waals surface area contributed by atoms with Gasteiger partial charge in [0.2, 0.25) is 0 Å². The SMILES string of the molecule is CCN(CC)C(C)CCCNc1ccnc2cc(Cl)ccc12. The van der Waals surface area contributed by atoms with Crippen LogP contribution in [-0.2, 0) is 0 Å². The number of rotatable bonds is 8. The molecule has 0 fully saturated rings. The fourth-order valence-electron chi connectivity index (χ4n) is 2.93. The number of fused-ring (bicyclic) bond motifs is 1. The van der Waals surface area contributed by atoms with Crippen LogP contribution in [0, 0.1) is 0 Å². The number of halogens is 1. The smallest absolute Gasteiger partial charge is 0.0737 e. The summed E-state index contributed by atoms with van der Waals surface area (Å²) in [5, 5.41) is 5.39. The monoisotopic (exact) mass is 319 g/mol. The van der Waals surface area contributed by atoms with Gasteiger partial charge < -0.3 is 10.2 Å². The third-order valence-corrected chi connectivity index (χ3v) is 4.49. The van der Waals surface area contributed by atoms with Gasteiger partial charge in [0.05, 0.1) is 5.52 Å². The van der Waals surface area contributed by atoms with Gasteiger partial charge in [0.15, 0.2) is 0 Å². The lowest BCUT2D eigenvalue weighted by atomic mass is 10.1. The van der Waals surface area contributed by atoms with Gasteiger partial charge in [0.1, 0.15) is 0 Å². The Bertz CT molecular complexity index is 596. The molecule has 4 heteroatoms. The fourth-order valence-corrected chi connectivity index (χ4v) is 3.09. The highest BCUT2D eigenvalue weighted by Gasteiger charge is 2.09. The van der Waals surface area contributed by atoms with Gasteiger partial charge in [-0.1, -0.05) is 25.4 Å². The predicted molar refractivity (Wildman–Crippen MR) is 96.9 cm³/mol. The van der Waals surface area contributed by atoms with E-state index in [2.05, 4.69) is 36.0 Å². The minimum atomic E-state index is 0.643. The highest BCUT2D eigenvalue weighted by molar-refractivity contribution is 6.31. The normalized spacial score (nSPS) is 12.8. The first-order valence-corrected chi connectivity index (χ1v) is 8.55. The Labute approximate surface area is 138 Å². The van der Waals surface area contributed by atoms with Crippen LogP contribution in [0.4, 0.5) is 5.69 Å². The second-order valence-electron chi connectivity index (χ2n) is 5.66. The van der Waals surface area contributed by atoms with Crippen LogP contribution in [0.25, 0.3) is 10.9 Å². The van der Waals surface area contributed by atoms with Crippen molar-refractivity contribution in [1.82, 2.24) is 9.88 Å². The van der Waals surface area contributed by atoms with Gasteiger partial charge in [-0.05, 0) is 57.1 Å². The summed E-state index contributed by atoms with van der Waals surface area (Å²) < 4.78 is 0. The Morgan fingerprint density at radius 2 is 2.00 bits per heavy atom. The van der Waals surface area contributed by atoms with Crippen LogP contribution in [0.2, 0.25) is 5.02 Å². The quantitative estimate of drug-likeness (QED) is 0.708. The maximum absolute atomic E-state index is 6.02. The molecule has 120 valence electrons. The molecule has 1 atom stereocenters. The van der Waals surface area contributed by atoms with Crippen LogP contribution in [0.1, 0.15) is 33.6 Å². The molecule has 0 saturated carbocycles. The van der Waals surface area contributed by atoms with E-state index in [-0.39, 0.29) is 0 Å². The van der Waals surface area contributed by atoms with E-state index in [1.54, 1.807) is 0 Å². The van der Waals surface area contributed by atoms with Gasteiger partial charge in [-0.15, -0.1) is 0 Å². The van der Waals surface area contributed by atoms with Crippen LogP contribution in [-0.4, -0.2) is 35.6 Å². The lowest BCUT2D eigenvalue weighted by molar-refractivity contribution is 0.219. The Kier molecular flexibility index (Phi) is 6.47. The van der Waals surface area contributed by atoms with E-state index in [0.717, 1.165) is 47.7 Å². The number of nitrogens with zero attached hydrogens (tertiary/aromatic N) is 2. The Balaban J connectivity index is 1.90. The van der Waals surface area contributed by atoms with Crippen LogP contribution < -0.4 is 5.32 Å². The molecule has 0 saturated heterocycles. The van der Waals surface area contributed by atoms with Crippen molar-refractivity contribution >= 4 is 28.2 Å². The van der Waals surface area contributed by atoms with E-state index in [0.29, 0.717) is 6.04 Å². The highest BCUT2D eigenvalue weighted by Crippen LogP contribution is 2.24. The molecule has 3 nitrogen and oxygen atoms in total. The topological polar surface area (TPSA) is 28.2 Å². The first-order valence-electron chi connectivity index (χ1n) is 8.17. The number of hydrogen-bond donors (Lipinski definition) is 1. The standard InChI is InChI=1S/C18H26ClN3/c1-4-22(5-2)14(3)7-6-11-20-17-10-12-21-18-13-15(19)8-9-16(17)18/h8-10,12-14H,4-7,11H2,1-3H3,(H,20,21). The van der Waals surface area contributed by atoms with E-state index in [4.69, 9.17) is 11.6 Å². The van der Waals surface area contributed by atoms with Crippen molar-refractivity contribution in [3.63, 3.8) is 0 Å². The van der Waals surface area contributed by atoms with Gasteiger partial charge in [0, 0.05) is 34.9 Å². The molecule has 1 N–H and O–H groups in total. The molecule has 0 spiro atoms. The number of nitrogens with one attached hydrogen (secondary N) is 1. The van der Waals surface area contributed by atoms with Crippen molar-refractivity contribution in [3.8, 4) is 0 Å². The molecule has 22 heavy (non-hydrogen) atoms. The molecule has 0 radical (unpaired) electrons. The number of anilines is 1. The first-order chi connectivity index (χ1) is 10.7. The molecule has 1 aromatic carbocycles. The van der Waals surface area contributed by atoms with Gasteiger partial charge >= 0.3 is 0 Å². The molecule has 2 aromatic rings. The predicted octanol–water partition coefficient (Wildman–Crippen LogP) is 4.81. The molecular formula is C18H26ClN3. The molecular weight excluding hydrogens is 294 g/mol. The third kappa shape index (κ3) is 4.34. The van der Waals surface area contributed by atoms with Crippen LogP contribution >= 0.6 is 11.6 Å². The van der Waals surface area contributed by atoms with Crippen molar-refractivity contribution in [3.05, 3.63) is 35.5 Å². The van der Waals surface area contributed by atoms with Crippen LogP contribution in [0.15, 0.2) is 30.5 Å². The average molecular weight is 320 g/mol. The average Bonchev–Trinajstić information content (AvgIpc) is 2.52. The van der Waals surface area contributed by atoms with Crippen molar-refractivity contribution in [2.24, 2.45) is 0 Å². The third-order valence-electron chi connectivity index (χ3n) is 4.25. The van der Waals surface area contributed by atoms with E-state index in [9.17, 15) is 0 Å². The molecule has 1 unspecified atom stereocenters. The summed E-state index contributed by atoms with van der Waals surface area (Å²) in [5.74, 6) is 0. The number of pyridine rings is 1. The zero-order valence-electron chi connectivity index (χ0n) is 13.8. The summed E-state index contributed by atoms with van der Waals surface area (Å²) >= 11 is 6.02. The Hall–Kier alpha value is -1.32. The summed E-state index contributed by atoms with van der Waals surface area (Å²) in [6.45, 7) is 10.0. The van der Waals surface area contributed by atoms with E-state index in [1.807, 2.05) is 30.5 Å². The molecule has 0 aliphatic heterocycles. The van der Waals surface area contributed by atoms with Gasteiger partial charge in [0.25, 0.3) is 0 Å². The molecule has 0 amide bonds. The number of hydrogen-bond acceptors (Lipinski definition) is 3. The van der Waals surface area contributed by atoms with Gasteiger partial charge in [-0.25, -0.2) is 0 Å². The van der Waals surface area contributed by atoms with Gasteiger partial charge in [-0.3, -0.25) is 4.98 Å². The fraction of sp³-hybridized carbons (Fsp3) is 0.500. The summed E-state index contributed by atoms with van der Waals surface area (Å²) in [6.07, 6.45) is 4.21. The molecule has 0 bridgehead atoms. The molecule has 0 aliphatic carbocycles. The lowest BCUT2D eigenvalue weighted by Gasteiger charge is -2.26. The molecule has 1 heterocycles. The summed E-state index contributed by atoms with van der Waals surface area (Å²) in [5.41, 5.74) is 2.08. The zero-order chi connectivity index (χ0) is 15.9. The minimum Gasteiger partial charge on any atom is -0.384 e. The van der Waals surface area contributed by atoms with Crippen molar-refractivity contribution in [1.29, 1.82) is 0 Å². The van der Waals surface area contributed by atoms with Crippen molar-refractivity contribution in [2.75, 3.05) is 25.0 Å². The van der Waals surface area contributed by atoms with Crippen molar-refractivity contribution < 1.29 is 0 Å². The van der Waals surface area contributed by atoms with E-state index in [1.165, 1.54) is 6.42 Å². The summed E-state index contributed by atoms with van der Waals surface area (Å²) in [7, 11) is 0. The van der Waals surface area contributed by atoms with Crippen LogP contribution in [0.3, 0.4) is 0 Å².